The Kier molecular flexibility index (Phi) is 9.21. The van der Waals surface area contributed by atoms with Crippen molar-refractivity contribution < 1.29 is 19.7 Å². The van der Waals surface area contributed by atoms with E-state index in [4.69, 9.17) is 9.84 Å². The molecule has 0 radical (unpaired) electrons. The topological polar surface area (TPSA) is 100 Å². The molecule has 39 heavy (non-hydrogen) atoms. The Morgan fingerprint density at radius 1 is 1.23 bits per heavy atom. The Bertz CT molecular complexity index is 1300. The van der Waals surface area contributed by atoms with E-state index in [9.17, 15) is 15.0 Å². The SMILES string of the molecule is CCC(CC)(C(=O)CCC(O)CO)c1cc2[nH]c3c(c2cc1C)CCCc1cn(COCC[Si](C)(C)C)nc1-3. The normalized spacial score (nSPS) is 14.8. The van der Waals surface area contributed by atoms with Gasteiger partial charge in [-0.15, -0.1) is 0 Å². The molecule has 0 amide bonds. The van der Waals surface area contributed by atoms with Crippen LogP contribution in [0.3, 0.4) is 0 Å². The van der Waals surface area contributed by atoms with Crippen molar-refractivity contribution in [2.75, 3.05) is 13.2 Å². The molecule has 2 heterocycles. The average molecular weight is 554 g/mol. The van der Waals surface area contributed by atoms with Crippen LogP contribution in [-0.2, 0) is 34.5 Å². The summed E-state index contributed by atoms with van der Waals surface area (Å²) in [6, 6.07) is 5.57. The van der Waals surface area contributed by atoms with Gasteiger partial charge < -0.3 is 19.9 Å². The number of Topliss-reactive ketones (excluding diaryl/α,β-unsaturated/α-hetero) is 1. The number of aryl methyl sites for hydroxylation is 3. The minimum atomic E-state index is -1.13. The van der Waals surface area contributed by atoms with Gasteiger partial charge in [0.05, 0.1) is 23.8 Å². The molecule has 0 aliphatic heterocycles. The number of benzene rings is 1. The third kappa shape index (κ3) is 6.24. The van der Waals surface area contributed by atoms with Crippen molar-refractivity contribution in [3.8, 4) is 11.4 Å². The third-order valence-electron chi connectivity index (χ3n) is 8.59. The van der Waals surface area contributed by atoms with Crippen molar-refractivity contribution in [3.05, 3.63) is 40.6 Å². The number of hydrogen-bond donors (Lipinski definition) is 3. The van der Waals surface area contributed by atoms with Crippen LogP contribution < -0.4 is 0 Å². The van der Waals surface area contributed by atoms with Crippen LogP contribution >= 0.6 is 0 Å². The number of H-pyrrole nitrogens is 1. The van der Waals surface area contributed by atoms with Gasteiger partial charge in [0.25, 0.3) is 0 Å². The van der Waals surface area contributed by atoms with Gasteiger partial charge in [-0.3, -0.25) is 4.79 Å². The van der Waals surface area contributed by atoms with Gasteiger partial charge in [0, 0.05) is 38.2 Å². The van der Waals surface area contributed by atoms with Crippen molar-refractivity contribution >= 4 is 24.8 Å². The van der Waals surface area contributed by atoms with Gasteiger partial charge >= 0.3 is 0 Å². The summed E-state index contributed by atoms with van der Waals surface area (Å²) in [6.45, 7) is 14.3. The van der Waals surface area contributed by atoms with Crippen molar-refractivity contribution in [1.29, 1.82) is 0 Å². The molecule has 214 valence electrons. The number of ether oxygens (including phenoxy) is 1. The van der Waals surface area contributed by atoms with Gasteiger partial charge in [-0.2, -0.15) is 5.10 Å². The van der Waals surface area contributed by atoms with Crippen molar-refractivity contribution in [2.45, 2.75) is 110 Å². The van der Waals surface area contributed by atoms with Crippen LogP contribution in [0.5, 0.6) is 0 Å². The van der Waals surface area contributed by atoms with Crippen LogP contribution in [0, 0.1) is 6.92 Å². The number of nitrogens with one attached hydrogen (secondary N) is 1. The highest BCUT2D eigenvalue weighted by Gasteiger charge is 2.38. The molecule has 0 saturated heterocycles. The first-order chi connectivity index (χ1) is 18.5. The van der Waals surface area contributed by atoms with E-state index in [0.29, 0.717) is 19.6 Å². The summed E-state index contributed by atoms with van der Waals surface area (Å²) in [5, 5.41) is 25.2. The molecule has 7 nitrogen and oxygen atoms in total. The van der Waals surface area contributed by atoms with Gasteiger partial charge in [-0.25, -0.2) is 4.68 Å². The Morgan fingerprint density at radius 2 is 1.97 bits per heavy atom. The maximum Gasteiger partial charge on any atom is 0.143 e. The molecule has 4 rings (SSSR count). The molecule has 1 aromatic carbocycles. The molecule has 1 unspecified atom stereocenters. The molecule has 1 aliphatic rings. The average Bonchev–Trinajstić information content (AvgIpc) is 3.41. The molecule has 8 heteroatoms. The maximum absolute atomic E-state index is 13.6. The molecule has 3 aromatic rings. The summed E-state index contributed by atoms with van der Waals surface area (Å²) in [5.74, 6) is 0.130. The number of hydrogen-bond acceptors (Lipinski definition) is 5. The second-order valence-electron chi connectivity index (χ2n) is 12.5. The minimum Gasteiger partial charge on any atom is -0.394 e. The summed E-state index contributed by atoms with van der Waals surface area (Å²) in [6.07, 6.45) is 6.24. The van der Waals surface area contributed by atoms with E-state index in [1.165, 1.54) is 16.5 Å². The summed E-state index contributed by atoms with van der Waals surface area (Å²) in [5.41, 5.74) is 7.26. The zero-order valence-electron chi connectivity index (χ0n) is 24.7. The molecule has 0 spiro atoms. The number of aliphatic hydroxyl groups excluding tert-OH is 2. The smallest absolute Gasteiger partial charge is 0.143 e. The van der Waals surface area contributed by atoms with E-state index in [2.05, 4.69) is 63.7 Å². The van der Waals surface area contributed by atoms with Crippen LogP contribution in [0.25, 0.3) is 22.3 Å². The van der Waals surface area contributed by atoms with Crippen LogP contribution in [0.1, 0.15) is 68.2 Å². The summed E-state index contributed by atoms with van der Waals surface area (Å²) < 4.78 is 7.91. The first-order valence-corrected chi connectivity index (χ1v) is 18.4. The Hall–Kier alpha value is -2.26. The quantitative estimate of drug-likeness (QED) is 0.181. The molecule has 1 atom stereocenters. The lowest BCUT2D eigenvalue weighted by atomic mass is 9.69. The fourth-order valence-electron chi connectivity index (χ4n) is 6.10. The van der Waals surface area contributed by atoms with Gasteiger partial charge in [-0.1, -0.05) is 33.5 Å². The lowest BCUT2D eigenvalue weighted by molar-refractivity contribution is -0.125. The maximum atomic E-state index is 13.6. The predicted molar refractivity (Wildman–Crippen MR) is 160 cm³/mol. The van der Waals surface area contributed by atoms with Gasteiger partial charge in [0.1, 0.15) is 18.2 Å². The van der Waals surface area contributed by atoms with E-state index >= 15 is 0 Å². The van der Waals surface area contributed by atoms with Crippen molar-refractivity contribution in [1.82, 2.24) is 14.8 Å². The van der Waals surface area contributed by atoms with Crippen LogP contribution in [0.4, 0.5) is 0 Å². The number of ketones is 1. The van der Waals surface area contributed by atoms with E-state index in [0.717, 1.165) is 59.9 Å². The lowest BCUT2D eigenvalue weighted by Crippen LogP contribution is -2.36. The monoisotopic (exact) mass is 553 g/mol. The zero-order chi connectivity index (χ0) is 28.4. The highest BCUT2D eigenvalue weighted by Crippen LogP contribution is 2.41. The number of nitrogens with zero attached hydrogens (tertiary/aromatic N) is 2. The largest absolute Gasteiger partial charge is 0.394 e. The molecular weight excluding hydrogens is 506 g/mol. The summed E-state index contributed by atoms with van der Waals surface area (Å²) in [7, 11) is -1.13. The van der Waals surface area contributed by atoms with E-state index in [1.807, 2.05) is 4.68 Å². The van der Waals surface area contributed by atoms with Crippen molar-refractivity contribution in [2.24, 2.45) is 0 Å². The van der Waals surface area contributed by atoms with Crippen molar-refractivity contribution in [3.63, 3.8) is 0 Å². The first-order valence-electron chi connectivity index (χ1n) is 14.6. The Balaban J connectivity index is 1.67. The van der Waals surface area contributed by atoms with Crippen LogP contribution in [0.15, 0.2) is 18.3 Å². The fourth-order valence-corrected chi connectivity index (χ4v) is 6.86. The molecule has 3 N–H and O–H groups in total. The molecule has 0 fully saturated rings. The molecular formula is C31H47N3O4Si. The highest BCUT2D eigenvalue weighted by atomic mass is 28.3. The number of fused-ring (bicyclic) bond motifs is 5. The van der Waals surface area contributed by atoms with E-state index in [-0.39, 0.29) is 25.2 Å². The third-order valence-corrected chi connectivity index (χ3v) is 10.3. The second-order valence-corrected chi connectivity index (χ2v) is 18.1. The predicted octanol–water partition coefficient (Wildman–Crippen LogP) is 5.90. The Morgan fingerprint density at radius 3 is 2.64 bits per heavy atom. The van der Waals surface area contributed by atoms with E-state index in [1.54, 1.807) is 0 Å². The second kappa shape index (κ2) is 12.1. The lowest BCUT2D eigenvalue weighted by Gasteiger charge is -2.33. The van der Waals surface area contributed by atoms with Crippen LogP contribution in [-0.4, -0.2) is 58.2 Å². The van der Waals surface area contributed by atoms with Gasteiger partial charge in [-0.05, 0) is 85.9 Å². The summed E-state index contributed by atoms with van der Waals surface area (Å²) >= 11 is 0. The van der Waals surface area contributed by atoms with E-state index < -0.39 is 19.6 Å². The van der Waals surface area contributed by atoms with Crippen LogP contribution in [0.2, 0.25) is 25.7 Å². The molecule has 1 aliphatic carbocycles. The standard InChI is InChI=1S/C31H47N3O4Si/c1-7-31(8-2,28(37)13-12-23(36)19-35)26-17-27-25(16-21(26)3)24-11-9-10-22-18-34(33-29(22)30(24)32-27)20-38-14-15-39(4,5)6/h16-18,23,32,35-36H,7-15,19-20H2,1-6H3. The molecule has 0 bridgehead atoms. The molecule has 2 aromatic heterocycles. The number of aromatic nitrogens is 3. The molecule has 0 saturated carbocycles. The Labute approximate surface area is 234 Å². The highest BCUT2D eigenvalue weighted by molar-refractivity contribution is 6.76. The zero-order valence-corrected chi connectivity index (χ0v) is 25.7. The number of carbonyl (C=O) groups excluding carboxylic acids is 1. The summed E-state index contributed by atoms with van der Waals surface area (Å²) in [4.78, 5) is 17.3. The number of aromatic amines is 1. The van der Waals surface area contributed by atoms with Gasteiger partial charge in [0.2, 0.25) is 0 Å². The minimum absolute atomic E-state index is 0.130. The fraction of sp³-hybridized carbons (Fsp3) is 0.613. The number of aliphatic hydroxyl groups is 2. The number of carbonyl (C=O) groups is 1. The number of rotatable bonds is 13. The van der Waals surface area contributed by atoms with Gasteiger partial charge in [0.15, 0.2) is 0 Å². The first kappa shape index (κ1) is 29.7.